The number of aromatic nitrogens is 2. The van der Waals surface area contributed by atoms with Crippen LogP contribution in [0.1, 0.15) is 0 Å². The number of nitrogens with zero attached hydrogens (tertiary/aromatic N) is 4. The predicted molar refractivity (Wildman–Crippen MR) is 84.7 cm³/mol. The normalized spacial score (nSPS) is 10.8. The van der Waals surface area contributed by atoms with Crippen molar-refractivity contribution in [1.29, 1.82) is 0 Å². The van der Waals surface area contributed by atoms with Gasteiger partial charge in [0.2, 0.25) is 0 Å². The molecule has 0 saturated carbocycles. The smallest absolute Gasteiger partial charge is 0.354 e. The Kier molecular flexibility index (Phi) is 4.95. The van der Waals surface area contributed by atoms with E-state index in [9.17, 15) is 9.18 Å². The minimum Gasteiger partial charge on any atom is -0.493 e. The van der Waals surface area contributed by atoms with Crippen LogP contribution in [0.2, 0.25) is 0 Å². The van der Waals surface area contributed by atoms with E-state index in [1.807, 2.05) is 0 Å². The quantitative estimate of drug-likeness (QED) is 0.618. The first-order chi connectivity index (χ1) is 11.0. The fraction of sp³-hybridized carbons (Fsp3) is 0.267. The van der Waals surface area contributed by atoms with Gasteiger partial charge in [-0.25, -0.2) is 14.2 Å². The highest BCUT2D eigenvalue weighted by Gasteiger charge is 2.11. The van der Waals surface area contributed by atoms with Crippen LogP contribution in [0.25, 0.3) is 5.69 Å². The van der Waals surface area contributed by atoms with Crippen molar-refractivity contribution in [2.24, 2.45) is 4.99 Å². The van der Waals surface area contributed by atoms with Crippen molar-refractivity contribution < 1.29 is 13.9 Å². The molecule has 1 aromatic carbocycles. The number of methoxy groups -OCH3 is 2. The number of hydrogen-bond donors (Lipinski definition) is 0. The third-order valence-electron chi connectivity index (χ3n) is 2.92. The molecule has 0 unspecified atom stereocenters. The number of ether oxygens (including phenoxy) is 2. The highest BCUT2D eigenvalue weighted by molar-refractivity contribution is 5.59. The molecule has 0 aliphatic carbocycles. The summed E-state index contributed by atoms with van der Waals surface area (Å²) in [4.78, 5) is 21.2. The Labute approximate surface area is 132 Å². The van der Waals surface area contributed by atoms with Crippen molar-refractivity contribution in [3.05, 3.63) is 40.7 Å². The number of benzene rings is 1. The zero-order valence-corrected chi connectivity index (χ0v) is 13.3. The number of halogens is 1. The minimum absolute atomic E-state index is 0.263. The molecule has 0 atom stereocenters. The van der Waals surface area contributed by atoms with Crippen LogP contribution in [-0.4, -0.2) is 49.1 Å². The van der Waals surface area contributed by atoms with Crippen LogP contribution in [0.4, 0.5) is 10.2 Å². The third kappa shape index (κ3) is 3.65. The van der Waals surface area contributed by atoms with Crippen molar-refractivity contribution in [3.63, 3.8) is 0 Å². The summed E-state index contributed by atoms with van der Waals surface area (Å²) >= 11 is 0. The van der Waals surface area contributed by atoms with Gasteiger partial charge in [0.25, 0.3) is 0 Å². The second-order valence-corrected chi connectivity index (χ2v) is 4.81. The lowest BCUT2D eigenvalue weighted by atomic mass is 10.2. The molecular formula is C15H17FN4O3. The van der Waals surface area contributed by atoms with Gasteiger partial charge in [-0.15, -0.1) is 0 Å². The fourth-order valence-corrected chi connectivity index (χ4v) is 1.84. The Hall–Kier alpha value is -2.90. The van der Waals surface area contributed by atoms with E-state index in [2.05, 4.69) is 9.98 Å². The second kappa shape index (κ2) is 6.91. The van der Waals surface area contributed by atoms with E-state index in [1.165, 1.54) is 20.6 Å². The molecule has 0 saturated heterocycles. The summed E-state index contributed by atoms with van der Waals surface area (Å²) in [6.45, 7) is 0. The molecule has 0 N–H and O–H groups in total. The van der Waals surface area contributed by atoms with Gasteiger partial charge >= 0.3 is 5.69 Å². The van der Waals surface area contributed by atoms with Gasteiger partial charge in [-0.2, -0.15) is 4.98 Å². The first-order valence-electron chi connectivity index (χ1n) is 6.68. The van der Waals surface area contributed by atoms with Crippen LogP contribution in [0, 0.1) is 5.82 Å². The van der Waals surface area contributed by atoms with E-state index in [-0.39, 0.29) is 5.82 Å². The molecule has 7 nitrogen and oxygen atoms in total. The maximum Gasteiger partial charge on any atom is 0.354 e. The lowest BCUT2D eigenvalue weighted by molar-refractivity contribution is 0.355. The molecule has 8 heteroatoms. The molecule has 0 radical (unpaired) electrons. The van der Waals surface area contributed by atoms with Gasteiger partial charge in [-0.1, -0.05) is 0 Å². The summed E-state index contributed by atoms with van der Waals surface area (Å²) in [5, 5.41) is 0. The van der Waals surface area contributed by atoms with Gasteiger partial charge in [0, 0.05) is 20.2 Å². The maximum atomic E-state index is 14.1. The summed E-state index contributed by atoms with van der Waals surface area (Å²) in [5.41, 5.74) is -0.244. The number of rotatable bonds is 5. The first-order valence-corrected chi connectivity index (χ1v) is 6.68. The Morgan fingerprint density at radius 3 is 2.57 bits per heavy atom. The average Bonchev–Trinajstić information content (AvgIpc) is 2.54. The number of aliphatic imine (C=N–C) groups is 1. The molecule has 0 aliphatic heterocycles. The Balaban J connectivity index is 2.49. The Morgan fingerprint density at radius 2 is 1.96 bits per heavy atom. The van der Waals surface area contributed by atoms with Gasteiger partial charge in [-0.05, 0) is 12.1 Å². The van der Waals surface area contributed by atoms with E-state index in [0.29, 0.717) is 17.2 Å². The van der Waals surface area contributed by atoms with E-state index in [4.69, 9.17) is 9.47 Å². The Morgan fingerprint density at radius 1 is 1.26 bits per heavy atom. The molecule has 0 amide bonds. The van der Waals surface area contributed by atoms with E-state index >= 15 is 0 Å². The van der Waals surface area contributed by atoms with Crippen LogP contribution < -0.4 is 15.2 Å². The molecule has 1 heterocycles. The Bertz CT molecular complexity index is 787. The first kappa shape index (κ1) is 16.5. The molecule has 0 spiro atoms. The summed E-state index contributed by atoms with van der Waals surface area (Å²) < 4.78 is 25.5. The predicted octanol–water partition coefficient (Wildman–Crippen LogP) is 1.61. The summed E-state index contributed by atoms with van der Waals surface area (Å²) in [6.07, 6.45) is 2.41. The lowest BCUT2D eigenvalue weighted by Gasteiger charge is -2.11. The zero-order valence-electron chi connectivity index (χ0n) is 13.3. The molecular weight excluding hydrogens is 303 g/mol. The zero-order chi connectivity index (χ0) is 17.0. The third-order valence-corrected chi connectivity index (χ3v) is 2.92. The van der Waals surface area contributed by atoms with Crippen LogP contribution in [0.5, 0.6) is 11.5 Å². The van der Waals surface area contributed by atoms with Crippen molar-refractivity contribution in [2.75, 3.05) is 28.3 Å². The van der Waals surface area contributed by atoms with Crippen LogP contribution in [0.15, 0.2) is 34.2 Å². The van der Waals surface area contributed by atoms with E-state index < -0.39 is 11.5 Å². The number of hydrogen-bond acceptors (Lipinski definition) is 5. The molecule has 0 bridgehead atoms. The monoisotopic (exact) mass is 320 g/mol. The van der Waals surface area contributed by atoms with Crippen molar-refractivity contribution in [1.82, 2.24) is 14.5 Å². The van der Waals surface area contributed by atoms with E-state index in [0.717, 1.165) is 10.8 Å². The lowest BCUT2D eigenvalue weighted by Crippen LogP contribution is -2.21. The summed E-state index contributed by atoms with van der Waals surface area (Å²) in [6, 6.07) is 4.79. The largest absolute Gasteiger partial charge is 0.493 e. The van der Waals surface area contributed by atoms with E-state index in [1.54, 1.807) is 37.2 Å². The average molecular weight is 320 g/mol. The minimum atomic E-state index is -0.711. The van der Waals surface area contributed by atoms with Crippen LogP contribution in [-0.2, 0) is 0 Å². The van der Waals surface area contributed by atoms with Crippen LogP contribution >= 0.6 is 0 Å². The van der Waals surface area contributed by atoms with Crippen molar-refractivity contribution in [3.8, 4) is 17.2 Å². The topological polar surface area (TPSA) is 69.0 Å². The second-order valence-electron chi connectivity index (χ2n) is 4.81. The molecule has 0 fully saturated rings. The van der Waals surface area contributed by atoms with Gasteiger partial charge < -0.3 is 14.4 Å². The molecule has 1 aromatic heterocycles. The highest BCUT2D eigenvalue weighted by Crippen LogP contribution is 2.28. The molecule has 2 aromatic rings. The molecule has 23 heavy (non-hydrogen) atoms. The summed E-state index contributed by atoms with van der Waals surface area (Å²) in [5.74, 6) is -0.0464. The molecule has 122 valence electrons. The van der Waals surface area contributed by atoms with Gasteiger partial charge in [0.05, 0.1) is 32.4 Å². The van der Waals surface area contributed by atoms with Crippen molar-refractivity contribution >= 4 is 12.2 Å². The highest BCUT2D eigenvalue weighted by atomic mass is 19.1. The van der Waals surface area contributed by atoms with Gasteiger partial charge in [0.15, 0.2) is 23.1 Å². The SMILES string of the molecule is COc1ccc(-n2cc(F)c(/N=C/N(C)C)nc2=O)cc1OC. The van der Waals surface area contributed by atoms with Gasteiger partial charge in [-0.3, -0.25) is 4.57 Å². The van der Waals surface area contributed by atoms with Crippen molar-refractivity contribution in [2.45, 2.75) is 0 Å². The fourth-order valence-electron chi connectivity index (χ4n) is 1.84. The molecule has 2 rings (SSSR count). The summed E-state index contributed by atoms with van der Waals surface area (Å²) in [7, 11) is 6.43. The molecule has 0 aliphatic rings. The van der Waals surface area contributed by atoms with Gasteiger partial charge in [0.1, 0.15) is 0 Å². The maximum absolute atomic E-state index is 14.1. The standard InChI is InChI=1S/C15H17FN4O3/c1-19(2)9-17-14-11(16)8-20(15(21)18-14)10-5-6-12(22-3)13(7-10)23-4/h5-9H,1-4H3/b17-9+. The van der Waals surface area contributed by atoms with Crippen LogP contribution in [0.3, 0.4) is 0 Å².